The van der Waals surface area contributed by atoms with Gasteiger partial charge in [-0.25, -0.2) is 19.9 Å². The Kier molecular flexibility index (Phi) is 5.58. The quantitative estimate of drug-likeness (QED) is 0.397. The SMILES string of the molecule is OC1CN(c2cc(C(F)(F)F)c(-c3cnc4c(Nc5ccc(C(F)(F)F)cn5)ccnc4n3)nn2)C1. The normalized spacial score (nSPS) is 14.7. The van der Waals surface area contributed by atoms with E-state index in [1.165, 1.54) is 17.2 Å². The number of hydrogen-bond acceptors (Lipinski definition) is 9. The summed E-state index contributed by atoms with van der Waals surface area (Å²) in [6.45, 7) is 0.295. The molecule has 0 unspecified atom stereocenters. The topological polar surface area (TPSA) is 113 Å². The minimum atomic E-state index is -4.77. The molecule has 186 valence electrons. The number of pyridine rings is 2. The summed E-state index contributed by atoms with van der Waals surface area (Å²) < 4.78 is 79.7. The Morgan fingerprint density at radius 2 is 1.69 bits per heavy atom. The van der Waals surface area contributed by atoms with Gasteiger partial charge in [-0.15, -0.1) is 10.2 Å². The Balaban J connectivity index is 1.48. The van der Waals surface area contributed by atoms with Crippen LogP contribution in [-0.2, 0) is 12.4 Å². The Morgan fingerprint density at radius 3 is 2.33 bits per heavy atom. The Hall–Kier alpha value is -4.14. The molecule has 0 saturated carbocycles. The first kappa shape index (κ1) is 23.6. The number of rotatable bonds is 4. The van der Waals surface area contributed by atoms with Gasteiger partial charge in [-0.3, -0.25) is 0 Å². The van der Waals surface area contributed by atoms with Crippen LogP contribution < -0.4 is 10.2 Å². The first-order valence-corrected chi connectivity index (χ1v) is 10.3. The van der Waals surface area contributed by atoms with Crippen molar-refractivity contribution in [2.75, 3.05) is 23.3 Å². The average Bonchev–Trinajstić information content (AvgIpc) is 2.81. The molecule has 1 fully saturated rings. The smallest absolute Gasteiger partial charge is 0.389 e. The fourth-order valence-electron chi connectivity index (χ4n) is 3.49. The van der Waals surface area contributed by atoms with Gasteiger partial charge >= 0.3 is 12.4 Å². The molecule has 0 aromatic carbocycles. The summed E-state index contributed by atoms with van der Waals surface area (Å²) in [4.78, 5) is 17.5. The minimum absolute atomic E-state index is 0.0289. The first-order valence-electron chi connectivity index (χ1n) is 10.3. The average molecular weight is 508 g/mol. The molecule has 0 bridgehead atoms. The third-order valence-electron chi connectivity index (χ3n) is 5.32. The van der Waals surface area contributed by atoms with Crippen LogP contribution in [0.3, 0.4) is 0 Å². The second-order valence-electron chi connectivity index (χ2n) is 7.86. The van der Waals surface area contributed by atoms with Crippen molar-refractivity contribution >= 4 is 28.5 Å². The van der Waals surface area contributed by atoms with Gasteiger partial charge in [-0.2, -0.15) is 26.3 Å². The van der Waals surface area contributed by atoms with Gasteiger partial charge in [0, 0.05) is 25.5 Å². The number of alkyl halides is 6. The van der Waals surface area contributed by atoms with Crippen molar-refractivity contribution in [1.29, 1.82) is 0 Å². The second kappa shape index (κ2) is 8.51. The fourth-order valence-corrected chi connectivity index (χ4v) is 3.49. The van der Waals surface area contributed by atoms with Crippen molar-refractivity contribution in [1.82, 2.24) is 30.1 Å². The maximum absolute atomic E-state index is 13.8. The lowest BCUT2D eigenvalue weighted by Crippen LogP contribution is -2.51. The summed E-state index contributed by atoms with van der Waals surface area (Å²) in [6, 6.07) is 4.28. The van der Waals surface area contributed by atoms with Gasteiger partial charge < -0.3 is 15.3 Å². The molecule has 0 atom stereocenters. The monoisotopic (exact) mass is 508 g/mol. The van der Waals surface area contributed by atoms with Crippen molar-refractivity contribution in [3.8, 4) is 11.4 Å². The molecule has 4 aromatic rings. The van der Waals surface area contributed by atoms with Crippen LogP contribution in [0.25, 0.3) is 22.6 Å². The van der Waals surface area contributed by atoms with Crippen LogP contribution >= 0.6 is 0 Å². The Bertz CT molecular complexity index is 1420. The summed E-state index contributed by atoms with van der Waals surface area (Å²) in [5.41, 5.74) is -2.38. The van der Waals surface area contributed by atoms with Gasteiger partial charge in [0.2, 0.25) is 0 Å². The molecule has 1 aliphatic heterocycles. The molecular weight excluding hydrogens is 494 g/mol. The van der Waals surface area contributed by atoms with E-state index < -0.39 is 35.3 Å². The number of β-amino-alcohol motifs (C(OH)–C–C–N with tert-alkyl or cyclic N) is 1. The van der Waals surface area contributed by atoms with Gasteiger partial charge in [0.25, 0.3) is 0 Å². The maximum Gasteiger partial charge on any atom is 0.418 e. The summed E-state index contributed by atoms with van der Waals surface area (Å²) in [5, 5.41) is 19.8. The summed E-state index contributed by atoms with van der Waals surface area (Å²) in [6.07, 6.45) is -6.91. The van der Waals surface area contributed by atoms with Crippen LogP contribution in [0.15, 0.2) is 42.9 Å². The van der Waals surface area contributed by atoms with E-state index >= 15 is 0 Å². The molecule has 15 heteroatoms. The number of aromatic nitrogens is 6. The molecule has 0 amide bonds. The number of fused-ring (bicyclic) bond motifs is 1. The van der Waals surface area contributed by atoms with Crippen LogP contribution in [0.2, 0.25) is 0 Å². The predicted octanol–water partition coefficient (Wildman–Crippen LogP) is 3.84. The van der Waals surface area contributed by atoms with Crippen molar-refractivity contribution in [2.45, 2.75) is 18.5 Å². The first-order chi connectivity index (χ1) is 17.0. The minimum Gasteiger partial charge on any atom is -0.389 e. The van der Waals surface area contributed by atoms with E-state index in [4.69, 9.17) is 0 Å². The molecule has 0 aliphatic carbocycles. The lowest BCUT2D eigenvalue weighted by molar-refractivity contribution is -0.138. The van der Waals surface area contributed by atoms with E-state index in [9.17, 15) is 31.4 Å². The standard InChI is InChI=1S/C21H14F6N8O/c22-20(23,24)10-1-2-15(29-6-10)31-13-3-4-28-19-18(13)30-7-14(32-19)17-12(21(25,26)27)5-16(33-34-17)35-8-11(36)9-35/h1-7,11,36H,8-9H2,(H,28,29,31,32). The van der Waals surface area contributed by atoms with Gasteiger partial charge in [0.1, 0.15) is 22.7 Å². The zero-order chi connectivity index (χ0) is 25.7. The Morgan fingerprint density at radius 1 is 0.917 bits per heavy atom. The van der Waals surface area contributed by atoms with Crippen LogP contribution in [0.4, 0.5) is 43.7 Å². The highest BCUT2D eigenvalue weighted by Crippen LogP contribution is 2.37. The lowest BCUT2D eigenvalue weighted by Gasteiger charge is -2.36. The van der Waals surface area contributed by atoms with E-state index in [1.54, 1.807) is 0 Å². The molecule has 36 heavy (non-hydrogen) atoms. The number of halogens is 6. The molecule has 2 N–H and O–H groups in total. The highest BCUT2D eigenvalue weighted by molar-refractivity contribution is 5.87. The second-order valence-corrected chi connectivity index (χ2v) is 7.86. The summed E-state index contributed by atoms with van der Waals surface area (Å²) in [5.74, 6) is 0.0529. The highest BCUT2D eigenvalue weighted by Gasteiger charge is 2.38. The summed E-state index contributed by atoms with van der Waals surface area (Å²) >= 11 is 0. The molecule has 4 aromatic heterocycles. The van der Waals surface area contributed by atoms with Gasteiger partial charge in [-0.1, -0.05) is 0 Å². The van der Waals surface area contributed by atoms with E-state index in [-0.39, 0.29) is 47.3 Å². The molecule has 0 spiro atoms. The lowest BCUT2D eigenvalue weighted by atomic mass is 10.1. The van der Waals surface area contributed by atoms with Gasteiger partial charge in [-0.05, 0) is 24.3 Å². The van der Waals surface area contributed by atoms with E-state index in [0.717, 1.165) is 24.4 Å². The van der Waals surface area contributed by atoms with Crippen LogP contribution in [0.5, 0.6) is 0 Å². The number of anilines is 3. The zero-order valence-electron chi connectivity index (χ0n) is 17.9. The fraction of sp³-hybridized carbons (Fsp3) is 0.238. The van der Waals surface area contributed by atoms with Crippen molar-refractivity contribution < 1.29 is 31.4 Å². The summed E-state index contributed by atoms with van der Waals surface area (Å²) in [7, 11) is 0. The molecule has 1 aliphatic rings. The molecule has 5 heterocycles. The number of nitrogens with one attached hydrogen (secondary N) is 1. The molecule has 0 radical (unpaired) electrons. The number of aliphatic hydroxyl groups excluding tert-OH is 1. The predicted molar refractivity (Wildman–Crippen MR) is 114 cm³/mol. The van der Waals surface area contributed by atoms with Crippen molar-refractivity contribution in [2.24, 2.45) is 0 Å². The van der Waals surface area contributed by atoms with Crippen LogP contribution in [0.1, 0.15) is 11.1 Å². The zero-order valence-corrected chi connectivity index (χ0v) is 17.9. The van der Waals surface area contributed by atoms with Crippen molar-refractivity contribution in [3.05, 3.63) is 54.0 Å². The Labute approximate surface area is 197 Å². The van der Waals surface area contributed by atoms with Crippen LogP contribution in [-0.4, -0.2) is 54.4 Å². The van der Waals surface area contributed by atoms with E-state index in [1.807, 2.05) is 0 Å². The molecular formula is C21H14F6N8O. The van der Waals surface area contributed by atoms with E-state index in [0.29, 0.717) is 6.20 Å². The number of hydrogen-bond donors (Lipinski definition) is 2. The van der Waals surface area contributed by atoms with Gasteiger partial charge in [0.15, 0.2) is 11.5 Å². The number of nitrogens with zero attached hydrogens (tertiary/aromatic N) is 7. The van der Waals surface area contributed by atoms with Gasteiger partial charge in [0.05, 0.1) is 29.1 Å². The maximum atomic E-state index is 13.8. The molecule has 1 saturated heterocycles. The highest BCUT2D eigenvalue weighted by atomic mass is 19.4. The number of aliphatic hydroxyl groups is 1. The van der Waals surface area contributed by atoms with Crippen LogP contribution in [0, 0.1) is 0 Å². The third-order valence-corrected chi connectivity index (χ3v) is 5.32. The largest absolute Gasteiger partial charge is 0.418 e. The molecule has 9 nitrogen and oxygen atoms in total. The van der Waals surface area contributed by atoms with Crippen molar-refractivity contribution in [3.63, 3.8) is 0 Å². The third kappa shape index (κ3) is 4.56. The molecule has 5 rings (SSSR count). The van der Waals surface area contributed by atoms with E-state index in [2.05, 4.69) is 35.5 Å².